The molecule has 2 heterocycles. The van der Waals surface area contributed by atoms with Crippen LogP contribution in [0.25, 0.3) is 0 Å². The Bertz CT molecular complexity index is 1850. The third-order valence-electron chi connectivity index (χ3n) is 13.0. The van der Waals surface area contributed by atoms with E-state index in [4.69, 9.17) is 19.7 Å². The number of hydrogen-bond acceptors (Lipinski definition) is 8. The van der Waals surface area contributed by atoms with E-state index in [0.29, 0.717) is 36.8 Å². The summed E-state index contributed by atoms with van der Waals surface area (Å²) in [6, 6.07) is 32.3. The number of para-hydroxylation sites is 2. The van der Waals surface area contributed by atoms with Gasteiger partial charge in [-0.3, -0.25) is 19.4 Å². The first-order valence-electron chi connectivity index (χ1n) is 20.8. The largest absolute Gasteiger partial charge is 0.508 e. The first-order chi connectivity index (χ1) is 28.0. The fraction of sp³-hybridized carbons (Fsp3) is 0.458. The highest BCUT2D eigenvalue weighted by molar-refractivity contribution is 5.75. The van der Waals surface area contributed by atoms with Gasteiger partial charge in [0.2, 0.25) is 0 Å². The molecule has 0 bridgehead atoms. The zero-order chi connectivity index (χ0) is 41.1. The van der Waals surface area contributed by atoms with E-state index >= 15 is 0 Å². The van der Waals surface area contributed by atoms with Crippen LogP contribution < -0.4 is 9.47 Å². The standard InChI is InChI=1S/2C22H27NO2.C4H6O4/c2*1-17-6-2-3-10-21(17)25-16-23-13-12-22(11-5-8-19(22)15-23)18-7-4-9-20(24)14-18;5-3(6)1-2-4(7)8/h2*2-4,6-7,9-10,14,19,24H,5,8,11-13,15-16H2,1H3;1-2H2,(H,5,6)(H,7,8). The number of likely N-dealkylation sites (tertiary alicyclic amines) is 2. The minimum atomic E-state index is -1.08. The maximum Gasteiger partial charge on any atom is 0.303 e. The number of aryl methyl sites for hydroxylation is 2. The molecule has 8 rings (SSSR count). The highest BCUT2D eigenvalue weighted by atomic mass is 16.5. The van der Waals surface area contributed by atoms with Gasteiger partial charge < -0.3 is 29.9 Å². The second-order valence-electron chi connectivity index (χ2n) is 16.6. The third kappa shape index (κ3) is 10.5. The Hall–Kier alpha value is -5.06. The lowest BCUT2D eigenvalue weighted by Gasteiger charge is -2.44. The second kappa shape index (κ2) is 19.6. The van der Waals surface area contributed by atoms with Crippen LogP contribution in [0.4, 0.5) is 0 Å². The molecule has 4 N–H and O–H groups in total. The number of nitrogens with zero attached hydrogens (tertiary/aromatic N) is 2. The molecule has 0 spiro atoms. The van der Waals surface area contributed by atoms with Gasteiger partial charge in [-0.2, -0.15) is 0 Å². The summed E-state index contributed by atoms with van der Waals surface area (Å²) in [6.07, 6.45) is 9.31. The number of aromatic hydroxyl groups is 2. The van der Waals surface area contributed by atoms with E-state index in [2.05, 4.69) is 47.9 Å². The van der Waals surface area contributed by atoms with Crippen LogP contribution in [0.15, 0.2) is 97.1 Å². The van der Waals surface area contributed by atoms with Crippen molar-refractivity contribution in [3.63, 3.8) is 0 Å². The minimum Gasteiger partial charge on any atom is -0.508 e. The molecule has 4 aliphatic rings. The molecule has 0 aromatic heterocycles. The number of ether oxygens (including phenoxy) is 2. The van der Waals surface area contributed by atoms with Crippen molar-refractivity contribution in [2.45, 2.75) is 88.9 Å². The molecular formula is C48H60N2O8. The van der Waals surface area contributed by atoms with E-state index in [1.807, 2.05) is 60.7 Å². The van der Waals surface area contributed by atoms with Crippen LogP contribution in [0.1, 0.15) is 86.5 Å². The Labute approximate surface area is 343 Å². The lowest BCUT2D eigenvalue weighted by atomic mass is 9.68. The summed E-state index contributed by atoms with van der Waals surface area (Å²) in [5.41, 5.74) is 5.53. The van der Waals surface area contributed by atoms with Crippen molar-refractivity contribution < 1.29 is 39.5 Å². The van der Waals surface area contributed by atoms with Gasteiger partial charge >= 0.3 is 11.9 Å². The van der Waals surface area contributed by atoms with Crippen LogP contribution in [0.3, 0.4) is 0 Å². The van der Waals surface area contributed by atoms with Crippen molar-refractivity contribution in [3.05, 3.63) is 119 Å². The van der Waals surface area contributed by atoms with E-state index in [1.165, 1.54) is 60.8 Å². The topological polar surface area (TPSA) is 140 Å². The normalized spacial score (nSPS) is 23.9. The molecule has 310 valence electrons. The van der Waals surface area contributed by atoms with E-state index in [-0.39, 0.29) is 23.7 Å². The number of piperidine rings is 2. The van der Waals surface area contributed by atoms with Gasteiger partial charge in [-0.05, 0) is 123 Å². The van der Waals surface area contributed by atoms with E-state index in [0.717, 1.165) is 50.5 Å². The summed E-state index contributed by atoms with van der Waals surface area (Å²) in [7, 11) is 0. The molecule has 10 heteroatoms. The molecule has 4 atom stereocenters. The van der Waals surface area contributed by atoms with Crippen molar-refractivity contribution >= 4 is 11.9 Å². The molecule has 10 nitrogen and oxygen atoms in total. The average Bonchev–Trinajstić information content (AvgIpc) is 3.86. The highest BCUT2D eigenvalue weighted by Crippen LogP contribution is 2.52. The predicted octanol–water partition coefficient (Wildman–Crippen LogP) is 8.90. The van der Waals surface area contributed by atoms with Crippen molar-refractivity contribution in [2.24, 2.45) is 11.8 Å². The zero-order valence-corrected chi connectivity index (χ0v) is 34.0. The number of fused-ring (bicyclic) bond motifs is 2. The molecule has 0 amide bonds. The molecule has 2 saturated heterocycles. The zero-order valence-electron chi connectivity index (χ0n) is 34.0. The van der Waals surface area contributed by atoms with Gasteiger partial charge in [-0.1, -0.05) is 73.5 Å². The smallest absolute Gasteiger partial charge is 0.303 e. The molecule has 4 aromatic carbocycles. The quantitative estimate of drug-likeness (QED) is 0.116. The predicted molar refractivity (Wildman–Crippen MR) is 224 cm³/mol. The van der Waals surface area contributed by atoms with E-state index in [9.17, 15) is 19.8 Å². The average molecular weight is 793 g/mol. The second-order valence-corrected chi connectivity index (χ2v) is 16.6. The van der Waals surface area contributed by atoms with Crippen LogP contribution in [-0.2, 0) is 20.4 Å². The summed E-state index contributed by atoms with van der Waals surface area (Å²) in [5.74, 6) is 1.91. The summed E-state index contributed by atoms with van der Waals surface area (Å²) >= 11 is 0. The molecule has 4 aromatic rings. The summed E-state index contributed by atoms with van der Waals surface area (Å²) in [4.78, 5) is 24.2. The number of benzene rings is 4. The number of hydrogen-bond donors (Lipinski definition) is 4. The van der Waals surface area contributed by atoms with Gasteiger partial charge in [0.1, 0.15) is 36.5 Å². The van der Waals surface area contributed by atoms with Crippen molar-refractivity contribution in [1.82, 2.24) is 9.80 Å². The van der Waals surface area contributed by atoms with Crippen LogP contribution in [0, 0.1) is 25.7 Å². The number of phenolic OH excluding ortho intramolecular Hbond substituents is 2. The first kappa shape index (κ1) is 42.5. The van der Waals surface area contributed by atoms with Crippen LogP contribution in [0.5, 0.6) is 23.0 Å². The summed E-state index contributed by atoms with van der Waals surface area (Å²) in [6.45, 7) is 9.79. The number of carboxylic acid groups (broad SMARTS) is 2. The Morgan fingerprint density at radius 3 is 1.40 bits per heavy atom. The molecule has 4 fully saturated rings. The number of phenols is 2. The van der Waals surface area contributed by atoms with Crippen molar-refractivity contribution in [1.29, 1.82) is 0 Å². The monoisotopic (exact) mass is 792 g/mol. The maximum absolute atomic E-state index is 9.92. The summed E-state index contributed by atoms with van der Waals surface area (Å²) in [5, 5.41) is 35.6. The molecule has 4 unspecified atom stereocenters. The molecule has 2 aliphatic carbocycles. The number of carbonyl (C=O) groups is 2. The van der Waals surface area contributed by atoms with Crippen LogP contribution >= 0.6 is 0 Å². The van der Waals surface area contributed by atoms with Crippen molar-refractivity contribution in [3.8, 4) is 23.0 Å². The maximum atomic E-state index is 9.92. The number of aliphatic carboxylic acids is 2. The lowest BCUT2D eigenvalue weighted by molar-refractivity contribution is -0.143. The third-order valence-corrected chi connectivity index (χ3v) is 13.0. The fourth-order valence-corrected chi connectivity index (χ4v) is 9.89. The van der Waals surface area contributed by atoms with E-state index in [1.54, 1.807) is 12.1 Å². The minimum absolute atomic E-state index is 0.248. The molecular weight excluding hydrogens is 733 g/mol. The Balaban J connectivity index is 0.000000165. The van der Waals surface area contributed by atoms with E-state index < -0.39 is 11.9 Å². The molecule has 0 radical (unpaired) electrons. The number of rotatable bonds is 11. The van der Waals surface area contributed by atoms with Gasteiger partial charge in [-0.25, -0.2) is 0 Å². The number of carboxylic acids is 2. The Morgan fingerprint density at radius 1 is 0.603 bits per heavy atom. The van der Waals surface area contributed by atoms with Crippen LogP contribution in [0.2, 0.25) is 0 Å². The SMILES string of the molecule is Cc1ccccc1OCN1CCC2(c3cccc(O)c3)CCCC2C1.Cc1ccccc1OCN1CCC2(c3cccc(O)c3)CCCC2C1.O=C(O)CCC(=O)O. The molecule has 2 aliphatic heterocycles. The van der Waals surface area contributed by atoms with Gasteiger partial charge in [0.15, 0.2) is 0 Å². The molecule has 58 heavy (non-hydrogen) atoms. The lowest BCUT2D eigenvalue weighted by Crippen LogP contribution is -2.48. The fourth-order valence-electron chi connectivity index (χ4n) is 9.89. The molecule has 2 saturated carbocycles. The van der Waals surface area contributed by atoms with Gasteiger partial charge in [0.25, 0.3) is 0 Å². The van der Waals surface area contributed by atoms with Gasteiger partial charge in [0.05, 0.1) is 12.8 Å². The first-order valence-corrected chi connectivity index (χ1v) is 20.8. The van der Waals surface area contributed by atoms with Gasteiger partial charge in [0, 0.05) is 37.0 Å². The van der Waals surface area contributed by atoms with Crippen molar-refractivity contribution in [2.75, 3.05) is 39.6 Å². The van der Waals surface area contributed by atoms with Gasteiger partial charge in [-0.15, -0.1) is 0 Å². The Kier molecular flexibility index (Phi) is 14.4. The summed E-state index contributed by atoms with van der Waals surface area (Å²) < 4.78 is 12.1. The Morgan fingerprint density at radius 2 is 1.02 bits per heavy atom. The highest BCUT2D eigenvalue weighted by Gasteiger charge is 2.48. The van der Waals surface area contributed by atoms with Crippen LogP contribution in [-0.4, -0.2) is 81.8 Å².